The van der Waals surface area contributed by atoms with Gasteiger partial charge in [-0.15, -0.1) is 0 Å². The quantitative estimate of drug-likeness (QED) is 0.650. The van der Waals surface area contributed by atoms with Gasteiger partial charge in [0.25, 0.3) is 0 Å². The first-order valence-corrected chi connectivity index (χ1v) is 5.91. The number of H-pyrrole nitrogens is 2. The lowest BCUT2D eigenvalue weighted by Crippen LogP contribution is -2.12. The van der Waals surface area contributed by atoms with Crippen molar-refractivity contribution in [1.29, 1.82) is 0 Å². The van der Waals surface area contributed by atoms with Gasteiger partial charge in [0, 0.05) is 0 Å². The van der Waals surface area contributed by atoms with Crippen molar-refractivity contribution in [3.63, 3.8) is 0 Å². The molecule has 0 fully saturated rings. The molecule has 0 saturated heterocycles. The second-order valence-corrected chi connectivity index (χ2v) is 4.27. The second kappa shape index (κ2) is 4.71. The number of carbonyl (C=O) groups excluding carboxylic acids is 1. The summed E-state index contributed by atoms with van der Waals surface area (Å²) in [4.78, 5) is 17.7. The molecule has 0 aliphatic carbocycles. The van der Waals surface area contributed by atoms with Crippen LogP contribution in [-0.2, 0) is 9.53 Å². The summed E-state index contributed by atoms with van der Waals surface area (Å²) in [6.07, 6.45) is 0. The normalized spacial score (nSPS) is 12.6. The molecule has 0 spiro atoms. The van der Waals surface area contributed by atoms with Crippen molar-refractivity contribution in [3.8, 4) is 0 Å². The van der Waals surface area contributed by atoms with Crippen molar-refractivity contribution in [2.45, 2.75) is 19.8 Å². The van der Waals surface area contributed by atoms with E-state index in [1.165, 1.54) is 0 Å². The van der Waals surface area contributed by atoms with Gasteiger partial charge < -0.3 is 14.7 Å². The first-order chi connectivity index (χ1) is 8.11. The van der Waals surface area contributed by atoms with Crippen molar-refractivity contribution >= 4 is 29.2 Å². The van der Waals surface area contributed by atoms with E-state index >= 15 is 0 Å². The van der Waals surface area contributed by atoms with Crippen LogP contribution in [0.25, 0.3) is 11.0 Å². The number of fused-ring (bicyclic) bond motifs is 1. The Morgan fingerprint density at radius 1 is 1.41 bits per heavy atom. The molecule has 0 bridgehead atoms. The summed E-state index contributed by atoms with van der Waals surface area (Å²) in [6.45, 7) is 4.04. The van der Waals surface area contributed by atoms with E-state index in [0.717, 1.165) is 16.6 Å². The van der Waals surface area contributed by atoms with E-state index in [1.54, 1.807) is 6.92 Å². The van der Waals surface area contributed by atoms with Crippen LogP contribution in [0.2, 0.25) is 0 Å². The Bertz CT molecular complexity index is 600. The van der Waals surface area contributed by atoms with Gasteiger partial charge in [-0.2, -0.15) is 0 Å². The minimum absolute atomic E-state index is 0.207. The van der Waals surface area contributed by atoms with Gasteiger partial charge in [0.2, 0.25) is 0 Å². The smallest absolute Gasteiger partial charge is 0.313 e. The fourth-order valence-electron chi connectivity index (χ4n) is 1.72. The molecule has 2 rings (SSSR count). The highest BCUT2D eigenvalue weighted by molar-refractivity contribution is 7.71. The second-order valence-electron chi connectivity index (χ2n) is 3.86. The SMILES string of the molecule is CCOC(=O)C(C)c1ccc2[nH]c(=S)[nH]c2c1. The molecule has 2 N–H and O–H groups in total. The summed E-state index contributed by atoms with van der Waals surface area (Å²) in [5.74, 6) is -0.475. The van der Waals surface area contributed by atoms with Crippen LogP contribution >= 0.6 is 12.2 Å². The number of imidazole rings is 1. The first kappa shape index (κ1) is 11.9. The predicted molar refractivity (Wildman–Crippen MR) is 68.5 cm³/mol. The van der Waals surface area contributed by atoms with Crippen molar-refractivity contribution < 1.29 is 9.53 Å². The van der Waals surface area contributed by atoms with Gasteiger partial charge in [-0.05, 0) is 43.8 Å². The fourth-order valence-corrected chi connectivity index (χ4v) is 1.94. The number of hydrogen-bond donors (Lipinski definition) is 2. The molecule has 1 aromatic heterocycles. The highest BCUT2D eigenvalue weighted by Crippen LogP contribution is 2.21. The highest BCUT2D eigenvalue weighted by atomic mass is 32.1. The van der Waals surface area contributed by atoms with Crippen LogP contribution in [0.5, 0.6) is 0 Å². The van der Waals surface area contributed by atoms with E-state index in [-0.39, 0.29) is 11.9 Å². The number of aromatic amines is 2. The number of ether oxygens (including phenoxy) is 1. The van der Waals surface area contributed by atoms with Crippen LogP contribution in [0.1, 0.15) is 25.3 Å². The maximum atomic E-state index is 11.6. The third kappa shape index (κ3) is 2.39. The zero-order valence-electron chi connectivity index (χ0n) is 9.74. The Labute approximate surface area is 104 Å². The zero-order valence-corrected chi connectivity index (χ0v) is 10.6. The minimum atomic E-state index is -0.267. The number of esters is 1. The molecule has 1 atom stereocenters. The van der Waals surface area contributed by atoms with Crippen molar-refractivity contribution in [3.05, 3.63) is 28.5 Å². The predicted octanol–water partition coefficient (Wildman–Crippen LogP) is 2.89. The van der Waals surface area contributed by atoms with Crippen molar-refractivity contribution in [2.24, 2.45) is 0 Å². The molecule has 5 heteroatoms. The number of aromatic nitrogens is 2. The Morgan fingerprint density at radius 2 is 2.12 bits per heavy atom. The van der Waals surface area contributed by atoms with Crippen LogP contribution in [-0.4, -0.2) is 22.5 Å². The molecule has 17 heavy (non-hydrogen) atoms. The molecule has 90 valence electrons. The number of rotatable bonds is 3. The van der Waals surface area contributed by atoms with Crippen LogP contribution < -0.4 is 0 Å². The van der Waals surface area contributed by atoms with E-state index in [4.69, 9.17) is 17.0 Å². The van der Waals surface area contributed by atoms with E-state index in [0.29, 0.717) is 11.4 Å². The molecule has 2 aromatic rings. The van der Waals surface area contributed by atoms with E-state index in [1.807, 2.05) is 25.1 Å². The summed E-state index contributed by atoms with van der Waals surface area (Å²) in [5, 5.41) is 0. The van der Waals surface area contributed by atoms with Gasteiger partial charge in [0.1, 0.15) is 0 Å². The van der Waals surface area contributed by atoms with Crippen LogP contribution in [0, 0.1) is 4.77 Å². The average Bonchev–Trinajstić information content (AvgIpc) is 2.67. The fraction of sp³-hybridized carbons (Fsp3) is 0.333. The molecule has 0 aliphatic heterocycles. The molecule has 0 saturated carbocycles. The topological polar surface area (TPSA) is 57.9 Å². The first-order valence-electron chi connectivity index (χ1n) is 5.50. The molecule has 0 aliphatic rings. The molecular weight excluding hydrogens is 236 g/mol. The van der Waals surface area contributed by atoms with Gasteiger partial charge in [-0.1, -0.05) is 6.07 Å². The van der Waals surface area contributed by atoms with Crippen molar-refractivity contribution in [1.82, 2.24) is 9.97 Å². The molecular formula is C12H14N2O2S. The number of hydrogen-bond acceptors (Lipinski definition) is 3. The minimum Gasteiger partial charge on any atom is -0.466 e. The van der Waals surface area contributed by atoms with Gasteiger partial charge in [0.15, 0.2) is 4.77 Å². The van der Waals surface area contributed by atoms with E-state index < -0.39 is 0 Å². The van der Waals surface area contributed by atoms with Crippen LogP contribution in [0.3, 0.4) is 0 Å². The van der Waals surface area contributed by atoms with Gasteiger partial charge in [0.05, 0.1) is 23.6 Å². The molecule has 4 nitrogen and oxygen atoms in total. The molecule has 1 aromatic carbocycles. The summed E-state index contributed by atoms with van der Waals surface area (Å²) >= 11 is 5.01. The van der Waals surface area contributed by atoms with E-state index in [9.17, 15) is 4.79 Å². The Hall–Kier alpha value is -1.62. The molecule has 1 heterocycles. The number of carbonyl (C=O) groups is 1. The number of nitrogens with one attached hydrogen (secondary N) is 2. The molecule has 0 amide bonds. The van der Waals surface area contributed by atoms with Gasteiger partial charge >= 0.3 is 5.97 Å². The Morgan fingerprint density at radius 3 is 2.82 bits per heavy atom. The molecule has 0 radical (unpaired) electrons. The lowest BCUT2D eigenvalue weighted by molar-refractivity contribution is -0.144. The Balaban J connectivity index is 2.35. The standard InChI is InChI=1S/C12H14N2O2S/c1-3-16-11(15)7(2)8-4-5-9-10(6-8)14-12(17)13-9/h4-7H,3H2,1-2H3,(H2,13,14,17). The summed E-state index contributed by atoms with van der Waals surface area (Å²) < 4.78 is 5.58. The Kier molecular flexibility index (Phi) is 3.28. The summed E-state index contributed by atoms with van der Waals surface area (Å²) in [6, 6.07) is 5.74. The number of benzene rings is 1. The zero-order chi connectivity index (χ0) is 12.4. The van der Waals surface area contributed by atoms with Crippen LogP contribution in [0.4, 0.5) is 0 Å². The van der Waals surface area contributed by atoms with Crippen LogP contribution in [0.15, 0.2) is 18.2 Å². The van der Waals surface area contributed by atoms with Crippen molar-refractivity contribution in [2.75, 3.05) is 6.61 Å². The summed E-state index contributed by atoms with van der Waals surface area (Å²) in [7, 11) is 0. The lowest BCUT2D eigenvalue weighted by Gasteiger charge is -2.10. The third-order valence-electron chi connectivity index (χ3n) is 2.68. The lowest BCUT2D eigenvalue weighted by atomic mass is 10.0. The van der Waals surface area contributed by atoms with Gasteiger partial charge in [-0.25, -0.2) is 0 Å². The maximum Gasteiger partial charge on any atom is 0.313 e. The average molecular weight is 250 g/mol. The van der Waals surface area contributed by atoms with E-state index in [2.05, 4.69) is 9.97 Å². The van der Waals surface area contributed by atoms with Gasteiger partial charge in [-0.3, -0.25) is 4.79 Å². The highest BCUT2D eigenvalue weighted by Gasteiger charge is 2.16. The monoisotopic (exact) mass is 250 g/mol. The third-order valence-corrected chi connectivity index (χ3v) is 2.88. The molecule has 1 unspecified atom stereocenters. The summed E-state index contributed by atoms with van der Waals surface area (Å²) in [5.41, 5.74) is 2.76. The maximum absolute atomic E-state index is 11.6. The largest absolute Gasteiger partial charge is 0.466 e.